The van der Waals surface area contributed by atoms with Crippen LogP contribution in [0.4, 0.5) is 0 Å². The Morgan fingerprint density at radius 3 is 2.62 bits per heavy atom. The Morgan fingerprint density at radius 1 is 1.24 bits per heavy atom. The Kier molecular flexibility index (Phi) is 6.63. The highest BCUT2D eigenvalue weighted by Crippen LogP contribution is 2.39. The Morgan fingerprint density at radius 2 is 1.97 bits per heavy atom. The fraction of sp³-hybridized carbons (Fsp3) is 0.565. The van der Waals surface area contributed by atoms with Crippen molar-refractivity contribution in [1.29, 1.82) is 0 Å². The molecule has 1 atom stereocenters. The van der Waals surface area contributed by atoms with Gasteiger partial charge in [0.2, 0.25) is 5.91 Å². The smallest absolute Gasteiger partial charge is 0.225 e. The van der Waals surface area contributed by atoms with Crippen molar-refractivity contribution in [3.63, 3.8) is 0 Å². The van der Waals surface area contributed by atoms with Crippen LogP contribution in [-0.4, -0.2) is 48.6 Å². The second kappa shape index (κ2) is 9.37. The zero-order valence-electron chi connectivity index (χ0n) is 17.4. The lowest BCUT2D eigenvalue weighted by atomic mass is 9.86. The van der Waals surface area contributed by atoms with Gasteiger partial charge in [-0.3, -0.25) is 9.69 Å². The van der Waals surface area contributed by atoms with Crippen molar-refractivity contribution in [1.82, 2.24) is 15.2 Å². The van der Waals surface area contributed by atoms with Crippen LogP contribution >= 0.6 is 11.3 Å². The predicted octanol–water partition coefficient (Wildman–Crippen LogP) is 3.76. The number of nitrogens with one attached hydrogen (secondary N) is 1. The first-order chi connectivity index (χ1) is 14.1. The van der Waals surface area contributed by atoms with Gasteiger partial charge in [-0.05, 0) is 32.3 Å². The van der Waals surface area contributed by atoms with Gasteiger partial charge < -0.3 is 10.1 Å². The summed E-state index contributed by atoms with van der Waals surface area (Å²) in [7, 11) is 0. The van der Waals surface area contributed by atoms with E-state index in [2.05, 4.69) is 41.4 Å². The molecule has 29 heavy (non-hydrogen) atoms. The van der Waals surface area contributed by atoms with Crippen LogP contribution in [-0.2, 0) is 16.0 Å². The van der Waals surface area contributed by atoms with Crippen molar-refractivity contribution in [3.8, 4) is 0 Å². The topological polar surface area (TPSA) is 54.5 Å². The number of ether oxygens (including phenoxy) is 1. The zero-order chi connectivity index (χ0) is 20.2. The maximum absolute atomic E-state index is 12.9. The Hall–Kier alpha value is -1.76. The highest BCUT2D eigenvalue weighted by atomic mass is 32.1. The van der Waals surface area contributed by atoms with E-state index in [1.54, 1.807) is 11.3 Å². The summed E-state index contributed by atoms with van der Waals surface area (Å²) in [6.07, 6.45) is 4.21. The molecule has 2 aromatic rings. The van der Waals surface area contributed by atoms with E-state index in [9.17, 15) is 4.79 Å². The molecule has 1 aliphatic carbocycles. The van der Waals surface area contributed by atoms with E-state index in [4.69, 9.17) is 9.72 Å². The van der Waals surface area contributed by atoms with E-state index in [1.165, 1.54) is 29.8 Å². The lowest BCUT2D eigenvalue weighted by Gasteiger charge is -2.31. The summed E-state index contributed by atoms with van der Waals surface area (Å²) < 4.78 is 5.48. The van der Waals surface area contributed by atoms with Gasteiger partial charge in [-0.2, -0.15) is 0 Å². The molecule has 0 radical (unpaired) electrons. The number of aromatic nitrogens is 1. The van der Waals surface area contributed by atoms with Crippen molar-refractivity contribution in [2.45, 2.75) is 51.5 Å². The van der Waals surface area contributed by atoms with Crippen LogP contribution in [0.1, 0.15) is 57.9 Å². The summed E-state index contributed by atoms with van der Waals surface area (Å²) in [5.74, 6) is 0.702. The first-order valence-electron chi connectivity index (χ1n) is 10.7. The van der Waals surface area contributed by atoms with Crippen LogP contribution in [0.5, 0.6) is 0 Å². The number of amides is 1. The molecule has 0 spiro atoms. The van der Waals surface area contributed by atoms with Gasteiger partial charge in [0.05, 0.1) is 36.4 Å². The third-order valence-electron chi connectivity index (χ3n) is 6.04. The van der Waals surface area contributed by atoms with Gasteiger partial charge >= 0.3 is 0 Å². The highest BCUT2D eigenvalue weighted by Gasteiger charge is 2.25. The molecule has 0 bridgehead atoms. The molecule has 2 fully saturated rings. The van der Waals surface area contributed by atoms with Crippen molar-refractivity contribution in [2.75, 3.05) is 32.8 Å². The number of hydrogen-bond donors (Lipinski definition) is 1. The number of carbonyl (C=O) groups is 1. The Labute approximate surface area is 177 Å². The van der Waals surface area contributed by atoms with E-state index < -0.39 is 0 Å². The minimum Gasteiger partial charge on any atom is -0.379 e. The summed E-state index contributed by atoms with van der Waals surface area (Å²) in [5.41, 5.74) is 3.41. The van der Waals surface area contributed by atoms with E-state index in [1.807, 2.05) is 6.92 Å². The molecule has 1 saturated carbocycles. The minimum atomic E-state index is -0.0134. The maximum Gasteiger partial charge on any atom is 0.225 e. The first-order valence-corrected chi connectivity index (χ1v) is 11.5. The molecule has 2 heterocycles. The standard InChI is InChI=1S/C23H31N3O2S/c1-16-6-8-18(9-7-16)20(15-26-10-12-28-13-11-26)25-22(27)14-21-17(2)24-23(29-21)19-4-3-5-19/h6-9,19-20H,3-5,10-15H2,1-2H3,(H,25,27). The number of rotatable bonds is 7. The number of morpholine rings is 1. The largest absolute Gasteiger partial charge is 0.379 e. The van der Waals surface area contributed by atoms with Gasteiger partial charge in [-0.15, -0.1) is 11.3 Å². The zero-order valence-corrected chi connectivity index (χ0v) is 18.3. The molecule has 4 rings (SSSR count). The maximum atomic E-state index is 12.9. The van der Waals surface area contributed by atoms with Crippen molar-refractivity contribution < 1.29 is 9.53 Å². The van der Waals surface area contributed by atoms with Crippen molar-refractivity contribution in [2.24, 2.45) is 0 Å². The fourth-order valence-electron chi connectivity index (χ4n) is 3.91. The number of benzene rings is 1. The Balaban J connectivity index is 1.43. The Bertz CT molecular complexity index is 823. The number of nitrogens with zero attached hydrogens (tertiary/aromatic N) is 2. The van der Waals surface area contributed by atoms with E-state index in [0.717, 1.165) is 49.0 Å². The van der Waals surface area contributed by atoms with Crippen LogP contribution in [0.2, 0.25) is 0 Å². The normalized spacial score (nSPS) is 19.0. The molecule has 1 unspecified atom stereocenters. The van der Waals surface area contributed by atoms with Crippen molar-refractivity contribution >= 4 is 17.2 Å². The molecule has 1 aliphatic heterocycles. The second-order valence-electron chi connectivity index (χ2n) is 8.31. The third-order valence-corrected chi connectivity index (χ3v) is 7.36. The molecule has 2 aliphatic rings. The molecule has 5 nitrogen and oxygen atoms in total. The monoisotopic (exact) mass is 413 g/mol. The minimum absolute atomic E-state index is 0.0134. The average molecular weight is 414 g/mol. The van der Waals surface area contributed by atoms with Gasteiger partial charge in [0, 0.05) is 30.4 Å². The van der Waals surface area contributed by atoms with Gasteiger partial charge in [0.25, 0.3) is 0 Å². The second-order valence-corrected chi connectivity index (χ2v) is 9.42. The van der Waals surface area contributed by atoms with E-state index in [0.29, 0.717) is 12.3 Å². The molecule has 1 N–H and O–H groups in total. The molecular weight excluding hydrogens is 382 g/mol. The predicted molar refractivity (Wildman–Crippen MR) is 116 cm³/mol. The summed E-state index contributed by atoms with van der Waals surface area (Å²) in [5, 5.41) is 4.52. The summed E-state index contributed by atoms with van der Waals surface area (Å²) in [6, 6.07) is 8.49. The molecule has 156 valence electrons. The lowest BCUT2D eigenvalue weighted by molar-refractivity contribution is -0.121. The summed E-state index contributed by atoms with van der Waals surface area (Å²) in [6.45, 7) is 8.29. The molecule has 6 heteroatoms. The van der Waals surface area contributed by atoms with E-state index >= 15 is 0 Å². The number of hydrogen-bond acceptors (Lipinski definition) is 5. The van der Waals surface area contributed by atoms with Crippen molar-refractivity contribution in [3.05, 3.63) is 51.0 Å². The summed E-state index contributed by atoms with van der Waals surface area (Å²) in [4.78, 5) is 21.2. The van der Waals surface area contributed by atoms with Gasteiger partial charge in [0.15, 0.2) is 0 Å². The first kappa shape index (κ1) is 20.5. The quantitative estimate of drug-likeness (QED) is 0.751. The molecule has 1 aromatic carbocycles. The van der Waals surface area contributed by atoms with E-state index in [-0.39, 0.29) is 11.9 Å². The van der Waals surface area contributed by atoms with Crippen LogP contribution in [0.25, 0.3) is 0 Å². The summed E-state index contributed by atoms with van der Waals surface area (Å²) >= 11 is 1.73. The van der Waals surface area contributed by atoms with Gasteiger partial charge in [-0.1, -0.05) is 36.2 Å². The number of carbonyl (C=O) groups excluding carboxylic acids is 1. The third kappa shape index (κ3) is 5.24. The van der Waals surface area contributed by atoms with Crippen LogP contribution < -0.4 is 5.32 Å². The highest BCUT2D eigenvalue weighted by molar-refractivity contribution is 7.12. The molecule has 1 amide bonds. The van der Waals surface area contributed by atoms with Crippen LogP contribution in [0.15, 0.2) is 24.3 Å². The molecule has 1 aromatic heterocycles. The van der Waals surface area contributed by atoms with Crippen LogP contribution in [0.3, 0.4) is 0 Å². The number of aryl methyl sites for hydroxylation is 2. The molecule has 1 saturated heterocycles. The lowest BCUT2D eigenvalue weighted by Crippen LogP contribution is -2.43. The molecular formula is C23H31N3O2S. The SMILES string of the molecule is Cc1ccc(C(CN2CCOCC2)NC(=O)Cc2sc(C3CCC3)nc2C)cc1. The fourth-order valence-corrected chi connectivity index (χ4v) is 5.14. The van der Waals surface area contributed by atoms with Crippen LogP contribution in [0, 0.1) is 13.8 Å². The van der Waals surface area contributed by atoms with Gasteiger partial charge in [0.1, 0.15) is 0 Å². The van der Waals surface area contributed by atoms with Gasteiger partial charge in [-0.25, -0.2) is 4.98 Å². The number of thiazole rings is 1. The average Bonchev–Trinajstić information content (AvgIpc) is 3.01.